The van der Waals surface area contributed by atoms with Gasteiger partial charge in [-0.25, -0.2) is 19.7 Å². The Morgan fingerprint density at radius 3 is 2.76 bits per heavy atom. The molecule has 0 spiro atoms. The maximum Gasteiger partial charge on any atom is 0.338 e. The quantitative estimate of drug-likeness (QED) is 0.281. The second-order valence-electron chi connectivity index (χ2n) is 5.32. The first-order valence-corrected chi connectivity index (χ1v) is 8.23. The van der Waals surface area contributed by atoms with E-state index >= 15 is 0 Å². The molecule has 0 amide bonds. The molecule has 8 heteroatoms. The summed E-state index contributed by atoms with van der Waals surface area (Å²) in [6.45, 7) is 4.00. The van der Waals surface area contributed by atoms with Gasteiger partial charge in [0, 0.05) is 6.42 Å². The van der Waals surface area contributed by atoms with E-state index in [1.807, 2.05) is 6.07 Å². The minimum absolute atomic E-state index is 0.0827. The van der Waals surface area contributed by atoms with Crippen molar-refractivity contribution in [2.24, 2.45) is 0 Å². The summed E-state index contributed by atoms with van der Waals surface area (Å²) in [6, 6.07) is 8.76. The molecule has 3 aromatic rings. The van der Waals surface area contributed by atoms with E-state index in [2.05, 4.69) is 21.5 Å². The van der Waals surface area contributed by atoms with Gasteiger partial charge in [-0.15, -0.1) is 0 Å². The standard InChI is InChI=1S/C17H14Cl2N4O2/c1-11(8-25-17(24)12-5-3-2-4-6-12)7-13(18)23-10-22-14-15(19)20-9-21-16(14)23/h2-6,9-10,13H,1,7-8H2. The van der Waals surface area contributed by atoms with Gasteiger partial charge >= 0.3 is 5.97 Å². The van der Waals surface area contributed by atoms with E-state index < -0.39 is 11.5 Å². The Balaban J connectivity index is 1.60. The number of halogens is 2. The molecule has 1 aromatic carbocycles. The molecule has 3 rings (SSSR count). The molecule has 1 atom stereocenters. The van der Waals surface area contributed by atoms with Crippen LogP contribution >= 0.6 is 23.2 Å². The monoisotopic (exact) mass is 376 g/mol. The van der Waals surface area contributed by atoms with Crippen LogP contribution < -0.4 is 0 Å². The minimum Gasteiger partial charge on any atom is -0.458 e. The van der Waals surface area contributed by atoms with Crippen LogP contribution in [0.25, 0.3) is 11.2 Å². The molecule has 6 nitrogen and oxygen atoms in total. The van der Waals surface area contributed by atoms with E-state index in [4.69, 9.17) is 27.9 Å². The van der Waals surface area contributed by atoms with Gasteiger partial charge in [0.2, 0.25) is 0 Å². The highest BCUT2D eigenvalue weighted by atomic mass is 35.5. The molecule has 128 valence electrons. The topological polar surface area (TPSA) is 69.9 Å². The highest BCUT2D eigenvalue weighted by molar-refractivity contribution is 6.33. The zero-order valence-electron chi connectivity index (χ0n) is 13.1. The molecule has 0 aliphatic heterocycles. The third-order valence-electron chi connectivity index (χ3n) is 3.49. The zero-order valence-corrected chi connectivity index (χ0v) is 14.6. The molecular formula is C17H14Cl2N4O2. The van der Waals surface area contributed by atoms with Gasteiger partial charge < -0.3 is 4.74 Å². The largest absolute Gasteiger partial charge is 0.458 e. The van der Waals surface area contributed by atoms with Gasteiger partial charge in [-0.05, 0) is 17.7 Å². The number of benzene rings is 1. The normalized spacial score (nSPS) is 12.1. The third kappa shape index (κ3) is 3.97. The molecular weight excluding hydrogens is 363 g/mol. The van der Waals surface area contributed by atoms with Gasteiger partial charge in [0.15, 0.2) is 10.8 Å². The first kappa shape index (κ1) is 17.4. The van der Waals surface area contributed by atoms with Crippen LogP contribution in [0.15, 0.2) is 55.1 Å². The number of nitrogens with zero attached hydrogens (tertiary/aromatic N) is 4. The van der Waals surface area contributed by atoms with Gasteiger partial charge in [-0.2, -0.15) is 0 Å². The van der Waals surface area contributed by atoms with Gasteiger partial charge in [-0.3, -0.25) is 4.57 Å². The highest BCUT2D eigenvalue weighted by Crippen LogP contribution is 2.26. The molecule has 0 N–H and O–H groups in total. The Morgan fingerprint density at radius 2 is 2.00 bits per heavy atom. The Kier molecular flexibility index (Phi) is 5.31. The lowest BCUT2D eigenvalue weighted by atomic mass is 10.2. The Labute approximate surface area is 154 Å². The van der Waals surface area contributed by atoms with Crippen LogP contribution in [0.2, 0.25) is 5.15 Å². The van der Waals surface area contributed by atoms with Crippen LogP contribution in [0.3, 0.4) is 0 Å². The first-order chi connectivity index (χ1) is 12.1. The zero-order chi connectivity index (χ0) is 17.8. The summed E-state index contributed by atoms with van der Waals surface area (Å²) in [5, 5.41) is 0.267. The maximum absolute atomic E-state index is 11.9. The summed E-state index contributed by atoms with van der Waals surface area (Å²) >= 11 is 12.4. The van der Waals surface area contributed by atoms with Gasteiger partial charge in [0.1, 0.15) is 24.0 Å². The maximum atomic E-state index is 11.9. The van der Waals surface area contributed by atoms with Crippen molar-refractivity contribution < 1.29 is 9.53 Å². The number of alkyl halides is 1. The number of hydrogen-bond donors (Lipinski definition) is 0. The number of aromatic nitrogens is 4. The molecule has 0 saturated heterocycles. The number of rotatable bonds is 6. The molecule has 25 heavy (non-hydrogen) atoms. The fourth-order valence-electron chi connectivity index (χ4n) is 2.25. The Morgan fingerprint density at radius 1 is 1.24 bits per heavy atom. The fourth-order valence-corrected chi connectivity index (χ4v) is 2.79. The molecule has 0 bridgehead atoms. The number of fused-ring (bicyclic) bond motifs is 1. The summed E-state index contributed by atoms with van der Waals surface area (Å²) in [5.74, 6) is -0.402. The number of hydrogen-bond acceptors (Lipinski definition) is 5. The van der Waals surface area contributed by atoms with E-state index in [9.17, 15) is 4.79 Å². The van der Waals surface area contributed by atoms with Crippen molar-refractivity contribution in [3.63, 3.8) is 0 Å². The van der Waals surface area contributed by atoms with E-state index in [0.29, 0.717) is 28.7 Å². The number of esters is 1. The van der Waals surface area contributed by atoms with Crippen molar-refractivity contribution in [2.45, 2.75) is 11.9 Å². The Hall–Kier alpha value is -2.44. The van der Waals surface area contributed by atoms with Gasteiger partial charge in [0.05, 0.1) is 11.9 Å². The van der Waals surface area contributed by atoms with Crippen molar-refractivity contribution in [1.82, 2.24) is 19.5 Å². The lowest BCUT2D eigenvalue weighted by Gasteiger charge is -2.14. The van der Waals surface area contributed by atoms with Crippen LogP contribution in [0.1, 0.15) is 22.3 Å². The number of imidazole rings is 1. The van der Waals surface area contributed by atoms with Crippen LogP contribution in [0.5, 0.6) is 0 Å². The fraction of sp³-hybridized carbons (Fsp3) is 0.176. The van der Waals surface area contributed by atoms with Crippen molar-refractivity contribution in [3.8, 4) is 0 Å². The molecule has 0 fully saturated rings. The van der Waals surface area contributed by atoms with Crippen LogP contribution in [-0.2, 0) is 4.74 Å². The summed E-state index contributed by atoms with van der Waals surface area (Å²) < 4.78 is 6.92. The smallest absolute Gasteiger partial charge is 0.338 e. The lowest BCUT2D eigenvalue weighted by Crippen LogP contribution is -2.10. The third-order valence-corrected chi connectivity index (χ3v) is 4.13. The number of ether oxygens (including phenoxy) is 1. The van der Waals surface area contributed by atoms with E-state index in [1.165, 1.54) is 6.33 Å². The van der Waals surface area contributed by atoms with Crippen molar-refractivity contribution in [3.05, 3.63) is 65.9 Å². The average Bonchev–Trinajstić information content (AvgIpc) is 3.06. The predicted molar refractivity (Wildman–Crippen MR) is 95.7 cm³/mol. The van der Waals surface area contributed by atoms with E-state index in [-0.39, 0.29) is 11.8 Å². The van der Waals surface area contributed by atoms with Gasteiger partial charge in [-0.1, -0.05) is 48.0 Å². The molecule has 0 radical (unpaired) electrons. The van der Waals surface area contributed by atoms with Crippen molar-refractivity contribution >= 4 is 40.3 Å². The van der Waals surface area contributed by atoms with E-state index in [0.717, 1.165) is 0 Å². The SMILES string of the molecule is C=C(COC(=O)c1ccccc1)CC(Cl)n1cnc2c(Cl)ncnc21. The highest BCUT2D eigenvalue weighted by Gasteiger charge is 2.16. The van der Waals surface area contributed by atoms with Crippen molar-refractivity contribution in [2.75, 3.05) is 6.61 Å². The molecule has 0 aliphatic carbocycles. The number of carbonyl (C=O) groups excluding carboxylic acids is 1. The minimum atomic E-state index is -0.487. The van der Waals surface area contributed by atoms with Gasteiger partial charge in [0.25, 0.3) is 0 Å². The molecule has 2 aromatic heterocycles. The summed E-state index contributed by atoms with van der Waals surface area (Å²) in [7, 11) is 0. The summed E-state index contributed by atoms with van der Waals surface area (Å²) in [6.07, 6.45) is 3.28. The summed E-state index contributed by atoms with van der Waals surface area (Å²) in [4.78, 5) is 24.1. The second-order valence-corrected chi connectivity index (χ2v) is 6.18. The molecule has 0 saturated carbocycles. The predicted octanol–water partition coefficient (Wildman–Crippen LogP) is 4.02. The van der Waals surface area contributed by atoms with Crippen LogP contribution in [0.4, 0.5) is 0 Å². The van der Waals surface area contributed by atoms with Crippen LogP contribution in [-0.4, -0.2) is 32.1 Å². The average molecular weight is 377 g/mol. The molecule has 2 heterocycles. The molecule has 1 unspecified atom stereocenters. The lowest BCUT2D eigenvalue weighted by molar-refractivity contribution is 0.0537. The molecule has 0 aliphatic rings. The number of carbonyl (C=O) groups is 1. The Bertz CT molecular complexity index is 911. The van der Waals surface area contributed by atoms with E-state index in [1.54, 1.807) is 35.2 Å². The second kappa shape index (κ2) is 7.63. The van der Waals surface area contributed by atoms with Crippen LogP contribution in [0, 0.1) is 0 Å². The first-order valence-electron chi connectivity index (χ1n) is 7.42. The summed E-state index contributed by atoms with van der Waals surface area (Å²) in [5.41, 5.74) is 1.69. The van der Waals surface area contributed by atoms with Crippen molar-refractivity contribution in [1.29, 1.82) is 0 Å².